The summed E-state index contributed by atoms with van der Waals surface area (Å²) in [7, 11) is 0. The first-order valence-electron chi connectivity index (χ1n) is 8.73. The predicted octanol–water partition coefficient (Wildman–Crippen LogP) is 4.20. The van der Waals surface area contributed by atoms with Crippen molar-refractivity contribution in [3.05, 3.63) is 64.2 Å². The first kappa shape index (κ1) is 18.5. The number of benzene rings is 2. The molecular weight excluding hydrogens is 348 g/mol. The van der Waals surface area contributed by atoms with Gasteiger partial charge in [-0.2, -0.15) is 0 Å². The van der Waals surface area contributed by atoms with Crippen molar-refractivity contribution in [2.24, 2.45) is 5.41 Å². The summed E-state index contributed by atoms with van der Waals surface area (Å²) in [5.74, 6) is -0.490. The van der Waals surface area contributed by atoms with Gasteiger partial charge in [0.15, 0.2) is 0 Å². The van der Waals surface area contributed by atoms with Gasteiger partial charge in [-0.05, 0) is 56.0 Å². The number of nitrogens with one attached hydrogen (secondary N) is 1. The van der Waals surface area contributed by atoms with Crippen molar-refractivity contribution in [3.63, 3.8) is 0 Å². The molecule has 2 amide bonds. The SMILES string of the molecule is Cc1c(Cl)cccc1NC(=O)C(C)(C)C(=O)N1CCc2ccccc2C1. The standard InChI is InChI=1S/C21H23ClN2O2/c1-14-17(22)9-6-10-18(14)23-19(25)21(2,3)20(26)24-12-11-15-7-4-5-8-16(15)13-24/h4-10H,11-13H2,1-3H3,(H,23,25). The number of anilines is 1. The fourth-order valence-corrected chi connectivity index (χ4v) is 3.36. The van der Waals surface area contributed by atoms with Crippen LogP contribution in [0.4, 0.5) is 5.69 Å². The number of carbonyl (C=O) groups excluding carboxylic acids is 2. The van der Waals surface area contributed by atoms with E-state index in [4.69, 9.17) is 11.6 Å². The third kappa shape index (κ3) is 3.47. The molecular formula is C21H23ClN2O2. The minimum Gasteiger partial charge on any atom is -0.337 e. The molecule has 136 valence electrons. The lowest BCUT2D eigenvalue weighted by molar-refractivity contribution is -0.147. The molecule has 0 atom stereocenters. The summed E-state index contributed by atoms with van der Waals surface area (Å²) < 4.78 is 0. The number of rotatable bonds is 3. The van der Waals surface area contributed by atoms with E-state index in [1.54, 1.807) is 36.9 Å². The number of halogens is 1. The lowest BCUT2D eigenvalue weighted by Crippen LogP contribution is -2.48. The van der Waals surface area contributed by atoms with Crippen LogP contribution in [0.25, 0.3) is 0 Å². The Hall–Kier alpha value is -2.33. The van der Waals surface area contributed by atoms with Crippen LogP contribution in [0.5, 0.6) is 0 Å². The summed E-state index contributed by atoms with van der Waals surface area (Å²) in [6.45, 7) is 6.36. The smallest absolute Gasteiger partial charge is 0.239 e. The average Bonchev–Trinajstić information content (AvgIpc) is 2.64. The van der Waals surface area contributed by atoms with Gasteiger partial charge in [0.05, 0.1) is 0 Å². The second-order valence-electron chi connectivity index (χ2n) is 7.24. The molecule has 0 saturated carbocycles. The van der Waals surface area contributed by atoms with Gasteiger partial charge in [-0.15, -0.1) is 0 Å². The summed E-state index contributed by atoms with van der Waals surface area (Å²) in [5.41, 5.74) is 2.67. The van der Waals surface area contributed by atoms with E-state index < -0.39 is 5.41 Å². The fourth-order valence-electron chi connectivity index (χ4n) is 3.18. The number of hydrogen-bond donors (Lipinski definition) is 1. The van der Waals surface area contributed by atoms with E-state index in [0.717, 1.165) is 17.5 Å². The van der Waals surface area contributed by atoms with E-state index >= 15 is 0 Å². The van der Waals surface area contributed by atoms with E-state index in [2.05, 4.69) is 11.4 Å². The number of amides is 2. The van der Waals surface area contributed by atoms with Gasteiger partial charge >= 0.3 is 0 Å². The third-order valence-corrected chi connectivity index (χ3v) is 5.45. The lowest BCUT2D eigenvalue weighted by atomic mass is 9.88. The predicted molar refractivity (Wildman–Crippen MR) is 104 cm³/mol. The first-order chi connectivity index (χ1) is 12.3. The highest BCUT2D eigenvalue weighted by atomic mass is 35.5. The van der Waals surface area contributed by atoms with Gasteiger partial charge in [0, 0.05) is 23.8 Å². The van der Waals surface area contributed by atoms with Gasteiger partial charge in [-0.1, -0.05) is 41.9 Å². The van der Waals surface area contributed by atoms with E-state index in [1.807, 2.05) is 25.1 Å². The van der Waals surface area contributed by atoms with Crippen LogP contribution in [0.2, 0.25) is 5.02 Å². The highest BCUT2D eigenvalue weighted by Crippen LogP contribution is 2.28. The Bertz CT molecular complexity index is 861. The normalized spacial score (nSPS) is 13.9. The van der Waals surface area contributed by atoms with Crippen molar-refractivity contribution in [2.75, 3.05) is 11.9 Å². The summed E-state index contributed by atoms with van der Waals surface area (Å²) >= 11 is 6.12. The molecule has 4 nitrogen and oxygen atoms in total. The molecule has 0 unspecified atom stereocenters. The van der Waals surface area contributed by atoms with E-state index in [0.29, 0.717) is 23.8 Å². The van der Waals surface area contributed by atoms with Gasteiger partial charge < -0.3 is 10.2 Å². The molecule has 5 heteroatoms. The van der Waals surface area contributed by atoms with Crippen molar-refractivity contribution in [2.45, 2.75) is 33.7 Å². The number of carbonyl (C=O) groups is 2. The van der Waals surface area contributed by atoms with Crippen LogP contribution in [0.3, 0.4) is 0 Å². The van der Waals surface area contributed by atoms with Crippen LogP contribution in [0, 0.1) is 12.3 Å². The Balaban J connectivity index is 1.76. The molecule has 2 aromatic rings. The lowest BCUT2D eigenvalue weighted by Gasteiger charge is -2.34. The van der Waals surface area contributed by atoms with Crippen LogP contribution in [0.15, 0.2) is 42.5 Å². The van der Waals surface area contributed by atoms with Gasteiger partial charge in [-0.3, -0.25) is 9.59 Å². The van der Waals surface area contributed by atoms with Crippen molar-refractivity contribution in [3.8, 4) is 0 Å². The summed E-state index contributed by atoms with van der Waals surface area (Å²) in [4.78, 5) is 27.6. The molecule has 0 saturated heterocycles. The Morgan fingerprint density at radius 3 is 2.50 bits per heavy atom. The third-order valence-electron chi connectivity index (χ3n) is 5.04. The van der Waals surface area contributed by atoms with Crippen LogP contribution in [0.1, 0.15) is 30.5 Å². The largest absolute Gasteiger partial charge is 0.337 e. The highest BCUT2D eigenvalue weighted by Gasteiger charge is 2.40. The van der Waals surface area contributed by atoms with Crippen LogP contribution >= 0.6 is 11.6 Å². The molecule has 0 radical (unpaired) electrons. The molecule has 26 heavy (non-hydrogen) atoms. The second kappa shape index (κ2) is 7.12. The molecule has 0 spiro atoms. The summed E-state index contributed by atoms with van der Waals surface area (Å²) in [6.07, 6.45) is 0.813. The molecule has 2 aromatic carbocycles. The van der Waals surface area contributed by atoms with Crippen LogP contribution in [-0.2, 0) is 22.6 Å². The zero-order valence-electron chi connectivity index (χ0n) is 15.3. The van der Waals surface area contributed by atoms with E-state index in [-0.39, 0.29) is 11.8 Å². The fraction of sp³-hybridized carbons (Fsp3) is 0.333. The minimum absolute atomic E-state index is 0.163. The summed E-state index contributed by atoms with van der Waals surface area (Å²) in [5, 5.41) is 3.44. The van der Waals surface area contributed by atoms with Crippen LogP contribution in [-0.4, -0.2) is 23.3 Å². The molecule has 1 N–H and O–H groups in total. The maximum absolute atomic E-state index is 13.1. The van der Waals surface area contributed by atoms with Gasteiger partial charge in [0.25, 0.3) is 0 Å². The van der Waals surface area contributed by atoms with Gasteiger partial charge in [-0.25, -0.2) is 0 Å². The van der Waals surface area contributed by atoms with E-state index in [1.165, 1.54) is 5.56 Å². The van der Waals surface area contributed by atoms with Crippen molar-refractivity contribution in [1.29, 1.82) is 0 Å². The first-order valence-corrected chi connectivity index (χ1v) is 9.11. The topological polar surface area (TPSA) is 49.4 Å². The number of fused-ring (bicyclic) bond motifs is 1. The molecule has 0 aromatic heterocycles. The molecule has 1 aliphatic heterocycles. The molecule has 0 fully saturated rings. The number of nitrogens with zero attached hydrogens (tertiary/aromatic N) is 1. The maximum Gasteiger partial charge on any atom is 0.239 e. The van der Waals surface area contributed by atoms with Gasteiger partial charge in [0.1, 0.15) is 5.41 Å². The van der Waals surface area contributed by atoms with Crippen molar-refractivity contribution >= 4 is 29.1 Å². The Morgan fingerprint density at radius 2 is 1.77 bits per heavy atom. The second-order valence-corrected chi connectivity index (χ2v) is 7.64. The maximum atomic E-state index is 13.1. The quantitative estimate of drug-likeness (QED) is 0.823. The zero-order chi connectivity index (χ0) is 18.9. The average molecular weight is 371 g/mol. The Morgan fingerprint density at radius 1 is 1.08 bits per heavy atom. The number of hydrogen-bond acceptors (Lipinski definition) is 2. The molecule has 0 aliphatic carbocycles. The molecule has 3 rings (SSSR count). The van der Waals surface area contributed by atoms with E-state index in [9.17, 15) is 9.59 Å². The molecule has 0 bridgehead atoms. The van der Waals surface area contributed by atoms with Crippen LogP contribution < -0.4 is 5.32 Å². The molecule has 1 aliphatic rings. The molecule has 1 heterocycles. The minimum atomic E-state index is -1.17. The summed E-state index contributed by atoms with van der Waals surface area (Å²) in [6, 6.07) is 13.5. The zero-order valence-corrected chi connectivity index (χ0v) is 16.1. The Labute approximate surface area is 159 Å². The van der Waals surface area contributed by atoms with Crippen molar-refractivity contribution in [1.82, 2.24) is 4.90 Å². The Kier molecular flexibility index (Phi) is 5.05. The van der Waals surface area contributed by atoms with Gasteiger partial charge in [0.2, 0.25) is 11.8 Å². The highest BCUT2D eigenvalue weighted by molar-refractivity contribution is 6.31. The monoisotopic (exact) mass is 370 g/mol. The van der Waals surface area contributed by atoms with Crippen molar-refractivity contribution < 1.29 is 9.59 Å².